The Morgan fingerprint density at radius 3 is 2.39 bits per heavy atom. The zero-order chi connectivity index (χ0) is 23.2. The van der Waals surface area contributed by atoms with Gasteiger partial charge in [-0.25, -0.2) is 0 Å². The van der Waals surface area contributed by atoms with Crippen LogP contribution in [0.3, 0.4) is 0 Å². The number of carbonyl (C=O) groups is 2. The molecule has 4 rings (SSSR count). The quantitative estimate of drug-likeness (QED) is 0.568. The molecule has 0 aromatic heterocycles. The van der Waals surface area contributed by atoms with Crippen LogP contribution < -0.4 is 15.0 Å². The van der Waals surface area contributed by atoms with Crippen LogP contribution in [-0.2, 0) is 11.4 Å². The maximum Gasteiger partial charge on any atom is 0.255 e. The van der Waals surface area contributed by atoms with Gasteiger partial charge in [0.05, 0.1) is 16.4 Å². The molecule has 1 aliphatic heterocycles. The summed E-state index contributed by atoms with van der Waals surface area (Å²) < 4.78 is 5.86. The van der Waals surface area contributed by atoms with Gasteiger partial charge in [0.25, 0.3) is 5.91 Å². The minimum absolute atomic E-state index is 0.0664. The van der Waals surface area contributed by atoms with E-state index in [0.29, 0.717) is 54.8 Å². The first kappa shape index (κ1) is 22.7. The Balaban J connectivity index is 1.47. The smallest absolute Gasteiger partial charge is 0.255 e. The van der Waals surface area contributed by atoms with Crippen LogP contribution in [0.5, 0.6) is 5.75 Å². The number of piperazine rings is 1. The molecular weight excluding hydrogens is 438 g/mol. The Kier molecular flexibility index (Phi) is 7.15. The van der Waals surface area contributed by atoms with Crippen LogP contribution in [0, 0.1) is 0 Å². The van der Waals surface area contributed by atoms with E-state index in [0.717, 1.165) is 11.3 Å². The molecule has 0 bridgehead atoms. The number of ether oxygens (including phenoxy) is 1. The molecule has 1 aliphatic rings. The molecule has 0 aliphatic carbocycles. The van der Waals surface area contributed by atoms with Gasteiger partial charge < -0.3 is 19.9 Å². The van der Waals surface area contributed by atoms with Crippen molar-refractivity contribution in [2.45, 2.75) is 13.5 Å². The number of para-hydroxylation sites is 1. The van der Waals surface area contributed by atoms with Crippen LogP contribution in [0.2, 0.25) is 5.02 Å². The maximum atomic E-state index is 13.0. The minimum Gasteiger partial charge on any atom is -0.489 e. The fraction of sp³-hybridized carbons (Fsp3) is 0.231. The standard InChI is InChI=1S/C26H26ClN3O3/c1-19(31)29-13-15-30(16-14-29)25-23(27)11-6-12-24(25)28-26(32)21-9-5-10-22(17-21)33-18-20-7-3-2-4-8-20/h2-12,17H,13-16,18H2,1H3,(H,28,32). The van der Waals surface area contributed by atoms with Crippen molar-refractivity contribution in [3.8, 4) is 5.75 Å². The second kappa shape index (κ2) is 10.4. The third-order valence-electron chi connectivity index (χ3n) is 5.62. The van der Waals surface area contributed by atoms with Crippen LogP contribution >= 0.6 is 11.6 Å². The summed E-state index contributed by atoms with van der Waals surface area (Å²) in [6, 6.07) is 22.4. The van der Waals surface area contributed by atoms with Gasteiger partial charge in [-0.1, -0.05) is 54.1 Å². The van der Waals surface area contributed by atoms with Crippen LogP contribution in [0.4, 0.5) is 11.4 Å². The maximum absolute atomic E-state index is 13.0. The highest BCUT2D eigenvalue weighted by molar-refractivity contribution is 6.34. The van der Waals surface area contributed by atoms with Crippen LogP contribution in [-0.4, -0.2) is 42.9 Å². The zero-order valence-electron chi connectivity index (χ0n) is 18.5. The van der Waals surface area contributed by atoms with Gasteiger partial charge in [0.2, 0.25) is 5.91 Å². The largest absolute Gasteiger partial charge is 0.489 e. The number of halogens is 1. The molecule has 170 valence electrons. The van der Waals surface area contributed by atoms with E-state index >= 15 is 0 Å². The number of carbonyl (C=O) groups excluding carboxylic acids is 2. The summed E-state index contributed by atoms with van der Waals surface area (Å²) in [6.45, 7) is 4.54. The number of hydrogen-bond donors (Lipinski definition) is 1. The van der Waals surface area contributed by atoms with Gasteiger partial charge in [0.1, 0.15) is 12.4 Å². The summed E-state index contributed by atoms with van der Waals surface area (Å²) >= 11 is 6.52. The lowest BCUT2D eigenvalue weighted by Crippen LogP contribution is -2.48. The Morgan fingerprint density at radius 1 is 0.939 bits per heavy atom. The van der Waals surface area contributed by atoms with Crippen molar-refractivity contribution in [2.75, 3.05) is 36.4 Å². The van der Waals surface area contributed by atoms with E-state index in [-0.39, 0.29) is 11.8 Å². The Bertz CT molecular complexity index is 1130. The van der Waals surface area contributed by atoms with Gasteiger partial charge in [-0.2, -0.15) is 0 Å². The monoisotopic (exact) mass is 463 g/mol. The molecule has 3 aromatic rings. The fourth-order valence-electron chi connectivity index (χ4n) is 3.85. The molecule has 7 heteroatoms. The van der Waals surface area contributed by atoms with Gasteiger partial charge >= 0.3 is 0 Å². The summed E-state index contributed by atoms with van der Waals surface area (Å²) in [4.78, 5) is 28.6. The second-order valence-electron chi connectivity index (χ2n) is 7.89. The minimum atomic E-state index is -0.244. The van der Waals surface area contributed by atoms with Gasteiger partial charge in [0.15, 0.2) is 0 Å². The van der Waals surface area contributed by atoms with Crippen molar-refractivity contribution in [3.05, 3.63) is 88.9 Å². The first-order valence-electron chi connectivity index (χ1n) is 10.9. The van der Waals surface area contributed by atoms with Gasteiger partial charge in [-0.05, 0) is 35.9 Å². The number of nitrogens with zero attached hydrogens (tertiary/aromatic N) is 2. The van der Waals surface area contributed by atoms with E-state index in [1.54, 1.807) is 25.1 Å². The molecule has 33 heavy (non-hydrogen) atoms. The lowest BCUT2D eigenvalue weighted by atomic mass is 10.1. The molecule has 0 atom stereocenters. The lowest BCUT2D eigenvalue weighted by Gasteiger charge is -2.37. The molecular formula is C26H26ClN3O3. The average molecular weight is 464 g/mol. The number of benzene rings is 3. The summed E-state index contributed by atoms with van der Waals surface area (Å²) in [5.41, 5.74) is 2.96. The average Bonchev–Trinajstić information content (AvgIpc) is 2.84. The zero-order valence-corrected chi connectivity index (χ0v) is 19.2. The van der Waals surface area contributed by atoms with E-state index in [9.17, 15) is 9.59 Å². The first-order chi connectivity index (χ1) is 16.0. The normalized spacial score (nSPS) is 13.5. The predicted molar refractivity (Wildman–Crippen MR) is 131 cm³/mol. The molecule has 1 saturated heterocycles. The molecule has 3 aromatic carbocycles. The van der Waals surface area contributed by atoms with Crippen molar-refractivity contribution in [1.29, 1.82) is 0 Å². The van der Waals surface area contributed by atoms with E-state index in [1.807, 2.05) is 59.5 Å². The van der Waals surface area contributed by atoms with Crippen LogP contribution in [0.25, 0.3) is 0 Å². The van der Waals surface area contributed by atoms with Crippen molar-refractivity contribution >= 4 is 34.8 Å². The second-order valence-corrected chi connectivity index (χ2v) is 8.29. The third kappa shape index (κ3) is 5.65. The Hall–Kier alpha value is -3.51. The number of nitrogens with one attached hydrogen (secondary N) is 1. The molecule has 0 radical (unpaired) electrons. The highest BCUT2D eigenvalue weighted by Crippen LogP contribution is 2.35. The van der Waals surface area contributed by atoms with Gasteiger partial charge in [-0.3, -0.25) is 9.59 Å². The highest BCUT2D eigenvalue weighted by Gasteiger charge is 2.23. The lowest BCUT2D eigenvalue weighted by molar-refractivity contribution is -0.129. The van der Waals surface area contributed by atoms with Gasteiger partial charge in [-0.15, -0.1) is 0 Å². The summed E-state index contributed by atoms with van der Waals surface area (Å²) in [7, 11) is 0. The van der Waals surface area contributed by atoms with Crippen LogP contribution in [0.1, 0.15) is 22.8 Å². The van der Waals surface area contributed by atoms with Crippen molar-refractivity contribution in [2.24, 2.45) is 0 Å². The SMILES string of the molecule is CC(=O)N1CCN(c2c(Cl)cccc2NC(=O)c2cccc(OCc3ccccc3)c2)CC1. The van der Waals surface area contributed by atoms with E-state index in [1.165, 1.54) is 0 Å². The molecule has 0 spiro atoms. The number of anilines is 2. The van der Waals surface area contributed by atoms with E-state index < -0.39 is 0 Å². The Labute approximate surface area is 198 Å². The van der Waals surface area contributed by atoms with Crippen molar-refractivity contribution in [3.63, 3.8) is 0 Å². The molecule has 1 fully saturated rings. The molecule has 0 saturated carbocycles. The number of rotatable bonds is 6. The molecule has 0 unspecified atom stereocenters. The molecule has 1 N–H and O–H groups in total. The van der Waals surface area contributed by atoms with Gasteiger partial charge in [0, 0.05) is 38.7 Å². The Morgan fingerprint density at radius 2 is 1.67 bits per heavy atom. The molecule has 2 amide bonds. The topological polar surface area (TPSA) is 61.9 Å². The third-order valence-corrected chi connectivity index (χ3v) is 5.93. The van der Waals surface area contributed by atoms with Crippen molar-refractivity contribution < 1.29 is 14.3 Å². The van der Waals surface area contributed by atoms with E-state index in [2.05, 4.69) is 10.2 Å². The first-order valence-corrected chi connectivity index (χ1v) is 11.3. The van der Waals surface area contributed by atoms with Crippen LogP contribution in [0.15, 0.2) is 72.8 Å². The molecule has 1 heterocycles. The fourth-order valence-corrected chi connectivity index (χ4v) is 4.14. The summed E-state index contributed by atoms with van der Waals surface area (Å²) in [5.74, 6) is 0.445. The summed E-state index contributed by atoms with van der Waals surface area (Å²) in [5, 5.41) is 3.56. The number of amides is 2. The molecule has 6 nitrogen and oxygen atoms in total. The van der Waals surface area contributed by atoms with E-state index in [4.69, 9.17) is 16.3 Å². The summed E-state index contributed by atoms with van der Waals surface area (Å²) in [6.07, 6.45) is 0. The number of hydrogen-bond acceptors (Lipinski definition) is 4. The predicted octanol–water partition coefficient (Wildman–Crippen LogP) is 4.84. The van der Waals surface area contributed by atoms with Crippen molar-refractivity contribution in [1.82, 2.24) is 4.90 Å². The highest BCUT2D eigenvalue weighted by atomic mass is 35.5.